The summed E-state index contributed by atoms with van der Waals surface area (Å²) in [5.41, 5.74) is 9.07. The standard InChI is InChI=1S/C42H26N4/c1-2-12-31(13-3-1)45-37-17-9-7-15-33(37)34-24-28(19-21-38(34)45)29-20-22-39-35(25-29)41-32-14-6-4-10-27(32)18-23-40(41)46(39)42-43-26-30-11-5-8-16-36(30)44-42/h1-26H. The molecule has 4 heteroatoms. The van der Waals surface area contributed by atoms with Crippen molar-refractivity contribution in [3.8, 4) is 22.8 Å². The van der Waals surface area contributed by atoms with Gasteiger partial charge in [0.15, 0.2) is 0 Å². The Morgan fingerprint density at radius 3 is 1.89 bits per heavy atom. The van der Waals surface area contributed by atoms with Gasteiger partial charge in [0.1, 0.15) is 0 Å². The molecule has 0 aliphatic carbocycles. The maximum absolute atomic E-state index is 5.02. The van der Waals surface area contributed by atoms with E-state index in [-0.39, 0.29) is 0 Å². The van der Waals surface area contributed by atoms with Gasteiger partial charge < -0.3 is 4.57 Å². The van der Waals surface area contributed by atoms with Crippen LogP contribution in [0.3, 0.4) is 0 Å². The Morgan fingerprint density at radius 2 is 1.04 bits per heavy atom. The van der Waals surface area contributed by atoms with E-state index in [9.17, 15) is 0 Å². The van der Waals surface area contributed by atoms with E-state index in [1.165, 1.54) is 60.2 Å². The van der Waals surface area contributed by atoms with E-state index in [2.05, 4.69) is 143 Å². The third kappa shape index (κ3) is 3.61. The molecule has 0 N–H and O–H groups in total. The zero-order valence-corrected chi connectivity index (χ0v) is 24.8. The van der Waals surface area contributed by atoms with Gasteiger partial charge in [-0.15, -0.1) is 0 Å². The van der Waals surface area contributed by atoms with E-state index >= 15 is 0 Å². The van der Waals surface area contributed by atoms with Crippen LogP contribution in [0.25, 0.3) is 88.0 Å². The predicted octanol–water partition coefficient (Wildman–Crippen LogP) is 10.6. The number of aromatic nitrogens is 4. The number of hydrogen-bond acceptors (Lipinski definition) is 2. The first-order valence-corrected chi connectivity index (χ1v) is 15.6. The summed E-state index contributed by atoms with van der Waals surface area (Å²) in [5.74, 6) is 0.678. The van der Waals surface area contributed by atoms with Crippen molar-refractivity contribution in [1.82, 2.24) is 19.1 Å². The molecule has 46 heavy (non-hydrogen) atoms. The second-order valence-corrected chi connectivity index (χ2v) is 11.9. The van der Waals surface area contributed by atoms with Crippen molar-refractivity contribution in [3.05, 3.63) is 158 Å². The van der Waals surface area contributed by atoms with Gasteiger partial charge in [0.05, 0.1) is 27.6 Å². The van der Waals surface area contributed by atoms with Crippen LogP contribution in [0, 0.1) is 0 Å². The quantitative estimate of drug-likeness (QED) is 0.206. The summed E-state index contributed by atoms with van der Waals surface area (Å²) >= 11 is 0. The van der Waals surface area contributed by atoms with Crippen molar-refractivity contribution in [2.45, 2.75) is 0 Å². The molecule has 0 atom stereocenters. The number of nitrogens with zero attached hydrogens (tertiary/aromatic N) is 4. The third-order valence-corrected chi connectivity index (χ3v) is 9.35. The van der Waals surface area contributed by atoms with Crippen molar-refractivity contribution >= 4 is 65.3 Å². The Bertz CT molecular complexity index is 2810. The SMILES string of the molecule is c1ccc(-n2c3ccccc3c3cc(-c4ccc5c(c4)c4c6ccccc6ccc4n5-c4ncc5ccccc5n4)ccc32)cc1. The molecule has 3 heterocycles. The molecule has 0 aliphatic heterocycles. The molecule has 10 rings (SSSR count). The zero-order valence-electron chi connectivity index (χ0n) is 24.8. The largest absolute Gasteiger partial charge is 0.309 e. The highest BCUT2D eigenvalue weighted by Gasteiger charge is 2.18. The van der Waals surface area contributed by atoms with Crippen molar-refractivity contribution in [2.24, 2.45) is 0 Å². The van der Waals surface area contributed by atoms with Gasteiger partial charge in [0.25, 0.3) is 0 Å². The number of fused-ring (bicyclic) bond motifs is 9. The molecule has 10 aromatic rings. The molecule has 7 aromatic carbocycles. The van der Waals surface area contributed by atoms with Crippen molar-refractivity contribution < 1.29 is 0 Å². The number of rotatable bonds is 3. The van der Waals surface area contributed by atoms with Crippen molar-refractivity contribution in [3.63, 3.8) is 0 Å². The smallest absolute Gasteiger partial charge is 0.235 e. The van der Waals surface area contributed by atoms with Crippen LogP contribution >= 0.6 is 0 Å². The third-order valence-electron chi connectivity index (χ3n) is 9.35. The monoisotopic (exact) mass is 586 g/mol. The van der Waals surface area contributed by atoms with E-state index in [4.69, 9.17) is 9.97 Å². The van der Waals surface area contributed by atoms with Gasteiger partial charge >= 0.3 is 0 Å². The summed E-state index contributed by atoms with van der Waals surface area (Å²) < 4.78 is 4.57. The summed E-state index contributed by atoms with van der Waals surface area (Å²) in [5, 5.41) is 8.37. The number of benzene rings is 7. The first kappa shape index (κ1) is 25.1. The maximum atomic E-state index is 5.02. The predicted molar refractivity (Wildman–Crippen MR) is 191 cm³/mol. The molecular weight excluding hydrogens is 560 g/mol. The number of para-hydroxylation sites is 3. The van der Waals surface area contributed by atoms with Crippen LogP contribution in [0.4, 0.5) is 0 Å². The molecule has 0 fully saturated rings. The average molecular weight is 587 g/mol. The first-order chi connectivity index (χ1) is 22.8. The molecule has 3 aromatic heterocycles. The Morgan fingerprint density at radius 1 is 0.413 bits per heavy atom. The number of hydrogen-bond donors (Lipinski definition) is 0. The van der Waals surface area contributed by atoms with Gasteiger partial charge in [-0.25, -0.2) is 9.97 Å². The summed E-state index contributed by atoms with van der Waals surface area (Å²) in [4.78, 5) is 9.87. The topological polar surface area (TPSA) is 35.6 Å². The highest BCUT2D eigenvalue weighted by atomic mass is 15.2. The average Bonchev–Trinajstić information content (AvgIpc) is 3.64. The fourth-order valence-electron chi connectivity index (χ4n) is 7.26. The Labute approximate surface area is 264 Å². The lowest BCUT2D eigenvalue weighted by atomic mass is 9.99. The van der Waals surface area contributed by atoms with Crippen molar-refractivity contribution in [1.29, 1.82) is 0 Å². The minimum absolute atomic E-state index is 0.678. The lowest BCUT2D eigenvalue weighted by Crippen LogP contribution is -2.00. The molecule has 0 saturated carbocycles. The molecule has 0 saturated heterocycles. The van der Waals surface area contributed by atoms with Gasteiger partial charge in [-0.1, -0.05) is 97.1 Å². The van der Waals surface area contributed by atoms with Crippen LogP contribution in [-0.2, 0) is 0 Å². The fourth-order valence-corrected chi connectivity index (χ4v) is 7.26. The highest BCUT2D eigenvalue weighted by molar-refractivity contribution is 6.22. The molecule has 0 radical (unpaired) electrons. The van der Waals surface area contributed by atoms with Gasteiger partial charge in [-0.3, -0.25) is 4.57 Å². The minimum Gasteiger partial charge on any atom is -0.309 e. The van der Waals surface area contributed by atoms with E-state index in [1.807, 2.05) is 24.4 Å². The van der Waals surface area contributed by atoms with Crippen LogP contribution in [0.15, 0.2) is 158 Å². The maximum Gasteiger partial charge on any atom is 0.235 e. The Balaban J connectivity index is 1.24. The summed E-state index contributed by atoms with van der Waals surface area (Å²) in [6.45, 7) is 0. The van der Waals surface area contributed by atoms with Crippen molar-refractivity contribution in [2.75, 3.05) is 0 Å². The van der Waals surface area contributed by atoms with Gasteiger partial charge in [0.2, 0.25) is 5.95 Å². The van der Waals surface area contributed by atoms with Gasteiger partial charge in [-0.2, -0.15) is 0 Å². The first-order valence-electron chi connectivity index (χ1n) is 15.6. The van der Waals surface area contributed by atoms with Crippen LogP contribution < -0.4 is 0 Å². The molecule has 4 nitrogen and oxygen atoms in total. The molecule has 0 amide bonds. The normalized spacial score (nSPS) is 11.9. The van der Waals surface area contributed by atoms with E-state index < -0.39 is 0 Å². The Kier molecular flexibility index (Phi) is 5.25. The van der Waals surface area contributed by atoms with Crippen LogP contribution in [-0.4, -0.2) is 19.1 Å². The molecule has 0 spiro atoms. The molecular formula is C42H26N4. The lowest BCUT2D eigenvalue weighted by molar-refractivity contribution is 1.01. The molecule has 0 bridgehead atoms. The van der Waals surface area contributed by atoms with E-state index in [1.54, 1.807) is 0 Å². The summed E-state index contributed by atoms with van der Waals surface area (Å²) in [6, 6.07) is 54.2. The van der Waals surface area contributed by atoms with E-state index in [0.717, 1.165) is 21.9 Å². The van der Waals surface area contributed by atoms with Gasteiger partial charge in [0, 0.05) is 38.8 Å². The summed E-state index contributed by atoms with van der Waals surface area (Å²) in [6.07, 6.45) is 1.92. The minimum atomic E-state index is 0.678. The van der Waals surface area contributed by atoms with Gasteiger partial charge in [-0.05, 0) is 76.5 Å². The van der Waals surface area contributed by atoms with E-state index in [0.29, 0.717) is 5.95 Å². The second kappa shape index (κ2) is 9.62. The second-order valence-electron chi connectivity index (χ2n) is 11.9. The summed E-state index contributed by atoms with van der Waals surface area (Å²) in [7, 11) is 0. The Hall–Kier alpha value is -6.26. The highest BCUT2D eigenvalue weighted by Crippen LogP contribution is 2.40. The fraction of sp³-hybridized carbons (Fsp3) is 0. The molecule has 214 valence electrons. The van der Waals surface area contributed by atoms with Crippen LogP contribution in [0.5, 0.6) is 0 Å². The van der Waals surface area contributed by atoms with Crippen LogP contribution in [0.2, 0.25) is 0 Å². The molecule has 0 aliphatic rings. The molecule has 0 unspecified atom stereocenters. The zero-order chi connectivity index (χ0) is 30.2. The lowest BCUT2D eigenvalue weighted by Gasteiger charge is -2.09. The van der Waals surface area contributed by atoms with Crippen LogP contribution in [0.1, 0.15) is 0 Å².